The maximum atomic E-state index is 12.7. The molecule has 0 N–H and O–H groups in total. The van der Waals surface area contributed by atoms with E-state index in [1.54, 1.807) is 6.07 Å². The summed E-state index contributed by atoms with van der Waals surface area (Å²) in [5, 5.41) is 8.42. The van der Waals surface area contributed by atoms with Gasteiger partial charge in [0, 0.05) is 45.5 Å². The fourth-order valence-electron chi connectivity index (χ4n) is 3.20. The molecule has 1 aliphatic rings. The van der Waals surface area contributed by atoms with Gasteiger partial charge in [-0.3, -0.25) is 4.79 Å². The first kappa shape index (κ1) is 18.5. The molecule has 6 nitrogen and oxygen atoms in total. The average Bonchev–Trinajstić information content (AvgIpc) is 2.62. The van der Waals surface area contributed by atoms with E-state index in [1.807, 2.05) is 54.2 Å². The Labute approximate surface area is 159 Å². The molecule has 26 heavy (non-hydrogen) atoms. The predicted molar refractivity (Wildman–Crippen MR) is 105 cm³/mol. The first-order valence-corrected chi connectivity index (χ1v) is 9.12. The summed E-state index contributed by atoms with van der Waals surface area (Å²) in [4.78, 5) is 18.9. The molecule has 1 atom stereocenters. The van der Waals surface area contributed by atoms with Crippen molar-refractivity contribution in [1.29, 1.82) is 0 Å². The number of nitrogens with zero attached hydrogens (tertiary/aromatic N) is 5. The van der Waals surface area contributed by atoms with Crippen LogP contribution in [0.2, 0.25) is 5.15 Å². The minimum Gasteiger partial charge on any atom is -0.378 e. The second-order valence-corrected chi connectivity index (χ2v) is 7.22. The molecule has 2 heterocycles. The third-order valence-electron chi connectivity index (χ3n) is 4.70. The number of halogens is 1. The summed E-state index contributed by atoms with van der Waals surface area (Å²) in [7, 11) is 4.01. The van der Waals surface area contributed by atoms with Gasteiger partial charge in [0.2, 0.25) is 5.91 Å². The van der Waals surface area contributed by atoms with E-state index in [2.05, 4.69) is 22.0 Å². The molecule has 1 aromatic carbocycles. The van der Waals surface area contributed by atoms with Crippen LogP contribution in [0, 0.1) is 0 Å². The number of piperazine rings is 1. The average molecular weight is 374 g/mol. The molecule has 1 aromatic heterocycles. The molecule has 0 bridgehead atoms. The Bertz CT molecular complexity index is 748. The molecule has 138 valence electrons. The Morgan fingerprint density at radius 1 is 1.15 bits per heavy atom. The summed E-state index contributed by atoms with van der Waals surface area (Å²) in [5.41, 5.74) is 2.17. The van der Waals surface area contributed by atoms with Gasteiger partial charge in [0.1, 0.15) is 0 Å². The number of rotatable bonds is 4. The van der Waals surface area contributed by atoms with E-state index in [1.165, 1.54) is 0 Å². The van der Waals surface area contributed by atoms with E-state index in [0.717, 1.165) is 30.2 Å². The first-order valence-electron chi connectivity index (χ1n) is 8.74. The third kappa shape index (κ3) is 4.25. The summed E-state index contributed by atoms with van der Waals surface area (Å²) < 4.78 is 0. The molecule has 0 spiro atoms. The zero-order valence-corrected chi connectivity index (χ0v) is 16.1. The molecule has 1 saturated heterocycles. The molecule has 0 unspecified atom stereocenters. The molecule has 0 saturated carbocycles. The lowest BCUT2D eigenvalue weighted by molar-refractivity contribution is -0.132. The SMILES string of the molecule is C[C@H]1CN(c2ccc(Cl)nn2)CCN1C(=O)Cc1ccc(N(C)C)cc1. The van der Waals surface area contributed by atoms with Gasteiger partial charge in [-0.25, -0.2) is 0 Å². The van der Waals surface area contributed by atoms with Crippen LogP contribution in [-0.2, 0) is 11.2 Å². The number of hydrogen-bond acceptors (Lipinski definition) is 5. The van der Waals surface area contributed by atoms with E-state index in [4.69, 9.17) is 11.6 Å². The van der Waals surface area contributed by atoms with Crippen LogP contribution < -0.4 is 9.80 Å². The van der Waals surface area contributed by atoms with Crippen molar-refractivity contribution in [3.05, 3.63) is 47.1 Å². The maximum absolute atomic E-state index is 12.7. The number of hydrogen-bond donors (Lipinski definition) is 0. The van der Waals surface area contributed by atoms with Crippen molar-refractivity contribution in [2.75, 3.05) is 43.5 Å². The monoisotopic (exact) mass is 373 g/mol. The van der Waals surface area contributed by atoms with Gasteiger partial charge in [0.25, 0.3) is 0 Å². The van der Waals surface area contributed by atoms with Crippen LogP contribution in [0.3, 0.4) is 0 Å². The van der Waals surface area contributed by atoms with Crippen molar-refractivity contribution in [2.45, 2.75) is 19.4 Å². The zero-order valence-electron chi connectivity index (χ0n) is 15.4. The number of amides is 1. The molecule has 7 heteroatoms. The van der Waals surface area contributed by atoms with Gasteiger partial charge in [-0.05, 0) is 36.8 Å². The molecule has 1 amide bonds. The van der Waals surface area contributed by atoms with Crippen molar-refractivity contribution in [3.63, 3.8) is 0 Å². The van der Waals surface area contributed by atoms with Crippen LogP contribution >= 0.6 is 11.6 Å². The van der Waals surface area contributed by atoms with Gasteiger partial charge < -0.3 is 14.7 Å². The van der Waals surface area contributed by atoms with Crippen molar-refractivity contribution >= 4 is 29.0 Å². The van der Waals surface area contributed by atoms with Crippen LogP contribution in [0.1, 0.15) is 12.5 Å². The first-order chi connectivity index (χ1) is 12.4. The number of aromatic nitrogens is 2. The Kier molecular flexibility index (Phi) is 5.61. The third-order valence-corrected chi connectivity index (χ3v) is 4.90. The van der Waals surface area contributed by atoms with Crippen molar-refractivity contribution in [1.82, 2.24) is 15.1 Å². The molecule has 0 aliphatic carbocycles. The Morgan fingerprint density at radius 3 is 2.46 bits per heavy atom. The number of carbonyl (C=O) groups excluding carboxylic acids is 1. The van der Waals surface area contributed by atoms with Crippen molar-refractivity contribution in [3.8, 4) is 0 Å². The van der Waals surface area contributed by atoms with Gasteiger partial charge in [0.05, 0.1) is 6.42 Å². The minimum atomic E-state index is 0.120. The highest BCUT2D eigenvalue weighted by molar-refractivity contribution is 6.29. The van der Waals surface area contributed by atoms with E-state index in [0.29, 0.717) is 18.1 Å². The summed E-state index contributed by atoms with van der Waals surface area (Å²) in [6.07, 6.45) is 0.429. The largest absolute Gasteiger partial charge is 0.378 e. The zero-order chi connectivity index (χ0) is 18.7. The van der Waals surface area contributed by atoms with Gasteiger partial charge in [0.15, 0.2) is 11.0 Å². The maximum Gasteiger partial charge on any atom is 0.227 e. The quantitative estimate of drug-likeness (QED) is 0.824. The number of benzene rings is 1. The number of anilines is 2. The lowest BCUT2D eigenvalue weighted by Gasteiger charge is -2.40. The Balaban J connectivity index is 1.60. The van der Waals surface area contributed by atoms with Crippen LogP contribution in [0.5, 0.6) is 0 Å². The second kappa shape index (κ2) is 7.91. The highest BCUT2D eigenvalue weighted by atomic mass is 35.5. The fraction of sp³-hybridized carbons (Fsp3) is 0.421. The Hall–Kier alpha value is -2.34. The van der Waals surface area contributed by atoms with Gasteiger partial charge in [-0.15, -0.1) is 10.2 Å². The second-order valence-electron chi connectivity index (χ2n) is 6.83. The van der Waals surface area contributed by atoms with E-state index in [-0.39, 0.29) is 11.9 Å². The standard InChI is InChI=1S/C19H24ClN5O/c1-14-13-24(18-9-8-17(20)21-22-18)10-11-25(14)19(26)12-15-4-6-16(7-5-15)23(2)3/h4-9,14H,10-13H2,1-3H3/t14-/m0/s1. The minimum absolute atomic E-state index is 0.120. The highest BCUT2D eigenvalue weighted by Gasteiger charge is 2.28. The number of carbonyl (C=O) groups is 1. The summed E-state index contributed by atoms with van der Waals surface area (Å²) in [6, 6.07) is 11.9. The van der Waals surface area contributed by atoms with Crippen molar-refractivity contribution < 1.29 is 4.79 Å². The predicted octanol–water partition coefficient (Wildman–Crippen LogP) is 2.48. The highest BCUT2D eigenvalue weighted by Crippen LogP contribution is 2.19. The summed E-state index contributed by atoms with van der Waals surface area (Å²) in [6.45, 7) is 4.23. The smallest absolute Gasteiger partial charge is 0.227 e. The molecule has 0 radical (unpaired) electrons. The topological polar surface area (TPSA) is 52.6 Å². The molecule has 2 aromatic rings. The Morgan fingerprint density at radius 2 is 1.88 bits per heavy atom. The van der Waals surface area contributed by atoms with Gasteiger partial charge in [-0.2, -0.15) is 0 Å². The van der Waals surface area contributed by atoms with E-state index >= 15 is 0 Å². The molecular weight excluding hydrogens is 350 g/mol. The van der Waals surface area contributed by atoms with Gasteiger partial charge in [-0.1, -0.05) is 23.7 Å². The van der Waals surface area contributed by atoms with E-state index < -0.39 is 0 Å². The fourth-order valence-corrected chi connectivity index (χ4v) is 3.30. The lowest BCUT2D eigenvalue weighted by Crippen LogP contribution is -2.54. The van der Waals surface area contributed by atoms with Crippen LogP contribution in [0.15, 0.2) is 36.4 Å². The normalized spacial score (nSPS) is 17.3. The van der Waals surface area contributed by atoms with Crippen LogP contribution in [0.4, 0.5) is 11.5 Å². The van der Waals surface area contributed by atoms with Crippen LogP contribution in [-0.4, -0.2) is 60.8 Å². The molecule has 1 fully saturated rings. The molecule has 3 rings (SSSR count). The molecule has 1 aliphatic heterocycles. The van der Waals surface area contributed by atoms with Gasteiger partial charge >= 0.3 is 0 Å². The van der Waals surface area contributed by atoms with Crippen molar-refractivity contribution in [2.24, 2.45) is 0 Å². The van der Waals surface area contributed by atoms with Crippen LogP contribution in [0.25, 0.3) is 0 Å². The summed E-state index contributed by atoms with van der Waals surface area (Å²) in [5.74, 6) is 0.963. The summed E-state index contributed by atoms with van der Waals surface area (Å²) >= 11 is 5.80. The lowest BCUT2D eigenvalue weighted by atomic mass is 10.1. The van der Waals surface area contributed by atoms with E-state index in [9.17, 15) is 4.79 Å². The molecular formula is C19H24ClN5O.